The van der Waals surface area contributed by atoms with Crippen LogP contribution in [0.25, 0.3) is 16.8 Å². The number of rotatable bonds is 5. The van der Waals surface area contributed by atoms with Crippen molar-refractivity contribution < 1.29 is 19.0 Å². The summed E-state index contributed by atoms with van der Waals surface area (Å²) in [7, 11) is 4.86. The molecule has 0 aliphatic heterocycles. The van der Waals surface area contributed by atoms with E-state index < -0.39 is 0 Å². The molecular formula is C25H23N3O4. The fourth-order valence-electron chi connectivity index (χ4n) is 4.29. The molecule has 0 saturated carbocycles. The van der Waals surface area contributed by atoms with Crippen molar-refractivity contribution in [3.63, 3.8) is 0 Å². The predicted octanol–water partition coefficient (Wildman–Crippen LogP) is 4.33. The summed E-state index contributed by atoms with van der Waals surface area (Å²) >= 11 is 0. The second-order valence-corrected chi connectivity index (χ2v) is 7.80. The maximum absolute atomic E-state index is 12.9. The van der Waals surface area contributed by atoms with Crippen LogP contribution in [0, 0.1) is 0 Å². The number of carbonyl (C=O) groups is 1. The molecule has 0 saturated heterocycles. The average Bonchev–Trinajstić information content (AvgIpc) is 3.25. The van der Waals surface area contributed by atoms with Crippen LogP contribution in [0.1, 0.15) is 34.0 Å². The largest absolute Gasteiger partial charge is 0.497 e. The van der Waals surface area contributed by atoms with Crippen molar-refractivity contribution in [1.82, 2.24) is 14.6 Å². The van der Waals surface area contributed by atoms with Gasteiger partial charge in [-0.05, 0) is 47.7 Å². The maximum atomic E-state index is 12.9. The molecule has 0 radical (unpaired) electrons. The Morgan fingerprint density at radius 3 is 2.41 bits per heavy atom. The lowest BCUT2D eigenvalue weighted by Gasteiger charge is -2.23. The summed E-state index contributed by atoms with van der Waals surface area (Å²) in [4.78, 5) is 17.8. The normalized spacial score (nSPS) is 15.5. The van der Waals surface area contributed by atoms with E-state index in [4.69, 9.17) is 19.2 Å². The fourth-order valence-corrected chi connectivity index (χ4v) is 4.29. The number of carbonyl (C=O) groups excluding carboxylic acids is 1. The molecule has 1 aliphatic rings. The van der Waals surface area contributed by atoms with Crippen molar-refractivity contribution in [3.8, 4) is 28.4 Å². The molecule has 1 unspecified atom stereocenters. The first-order valence-corrected chi connectivity index (χ1v) is 10.4. The Labute approximate surface area is 185 Å². The Kier molecular flexibility index (Phi) is 5.01. The highest BCUT2D eigenvalue weighted by atomic mass is 16.5. The van der Waals surface area contributed by atoms with Gasteiger partial charge in [0.2, 0.25) is 0 Å². The molecular weight excluding hydrogens is 406 g/mol. The number of ether oxygens (including phenoxy) is 3. The zero-order chi connectivity index (χ0) is 22.2. The number of nitrogens with zero attached hydrogens (tertiary/aromatic N) is 3. The van der Waals surface area contributed by atoms with E-state index >= 15 is 0 Å². The Bertz CT molecular complexity index is 1310. The number of fused-ring (bicyclic) bond motifs is 2. The number of hydrogen-bond donors (Lipinski definition) is 0. The summed E-state index contributed by atoms with van der Waals surface area (Å²) in [6.07, 6.45) is 4.71. The molecule has 0 N–H and O–H groups in total. The smallest absolute Gasteiger partial charge is 0.166 e. The number of hydrogen-bond acceptors (Lipinski definition) is 6. The van der Waals surface area contributed by atoms with Crippen LogP contribution < -0.4 is 14.2 Å². The zero-order valence-electron chi connectivity index (χ0n) is 18.2. The van der Waals surface area contributed by atoms with Gasteiger partial charge in [0.15, 0.2) is 22.9 Å². The van der Waals surface area contributed by atoms with E-state index in [9.17, 15) is 4.79 Å². The predicted molar refractivity (Wildman–Crippen MR) is 120 cm³/mol. The maximum Gasteiger partial charge on any atom is 0.166 e. The molecule has 7 heteroatoms. The highest BCUT2D eigenvalue weighted by molar-refractivity contribution is 5.99. The summed E-state index contributed by atoms with van der Waals surface area (Å²) in [6.45, 7) is 0. The van der Waals surface area contributed by atoms with Crippen LogP contribution in [0.3, 0.4) is 0 Å². The van der Waals surface area contributed by atoms with Crippen LogP contribution in [0.4, 0.5) is 0 Å². The first-order valence-electron chi connectivity index (χ1n) is 10.4. The minimum atomic E-state index is 0.0864. The third kappa shape index (κ3) is 3.36. The Morgan fingerprint density at radius 2 is 1.69 bits per heavy atom. The summed E-state index contributed by atoms with van der Waals surface area (Å²) in [5.41, 5.74) is 5.05. The molecule has 2 heterocycles. The summed E-state index contributed by atoms with van der Waals surface area (Å²) < 4.78 is 17.7. The van der Waals surface area contributed by atoms with Crippen LogP contribution in [0.5, 0.6) is 17.2 Å². The van der Waals surface area contributed by atoms with Crippen molar-refractivity contribution in [2.24, 2.45) is 0 Å². The van der Waals surface area contributed by atoms with Crippen LogP contribution in [0.2, 0.25) is 0 Å². The molecule has 4 aromatic rings. The SMILES string of the molecule is COc1ccc(C2CC(=O)c3cn4ncc(-c5ccc(OC)c(OC)c5)c4nc3C2)cc1. The molecule has 5 rings (SSSR count). The molecule has 0 fully saturated rings. The fraction of sp³-hybridized carbons (Fsp3) is 0.240. The molecule has 0 bridgehead atoms. The first kappa shape index (κ1) is 20.1. The van der Waals surface area contributed by atoms with Gasteiger partial charge in [0.25, 0.3) is 0 Å². The summed E-state index contributed by atoms with van der Waals surface area (Å²) in [5.74, 6) is 2.27. The van der Waals surface area contributed by atoms with Crippen molar-refractivity contribution in [2.75, 3.05) is 21.3 Å². The molecule has 2 aromatic heterocycles. The summed E-state index contributed by atoms with van der Waals surface area (Å²) in [5, 5.41) is 4.45. The molecule has 1 atom stereocenters. The van der Waals surface area contributed by atoms with Crippen LogP contribution in [0.15, 0.2) is 54.9 Å². The molecule has 1 aliphatic carbocycles. The van der Waals surface area contributed by atoms with Gasteiger partial charge in [0.05, 0.1) is 38.8 Å². The number of benzene rings is 2. The van der Waals surface area contributed by atoms with Gasteiger partial charge in [-0.3, -0.25) is 4.79 Å². The van der Waals surface area contributed by atoms with E-state index in [-0.39, 0.29) is 11.7 Å². The molecule has 7 nitrogen and oxygen atoms in total. The van der Waals surface area contributed by atoms with Gasteiger partial charge in [-0.2, -0.15) is 5.10 Å². The molecule has 0 spiro atoms. The number of ketones is 1. The molecule has 2 aromatic carbocycles. The molecule has 162 valence electrons. The second kappa shape index (κ2) is 8.00. The molecule has 0 amide bonds. The average molecular weight is 429 g/mol. The van der Waals surface area contributed by atoms with E-state index in [0.717, 1.165) is 28.1 Å². The van der Waals surface area contributed by atoms with Crippen LogP contribution >= 0.6 is 0 Å². The zero-order valence-corrected chi connectivity index (χ0v) is 18.2. The molecule has 32 heavy (non-hydrogen) atoms. The third-order valence-corrected chi connectivity index (χ3v) is 6.03. The lowest BCUT2D eigenvalue weighted by molar-refractivity contribution is 0.0962. The van der Waals surface area contributed by atoms with Gasteiger partial charge in [-0.1, -0.05) is 18.2 Å². The number of methoxy groups -OCH3 is 3. The van der Waals surface area contributed by atoms with E-state index in [1.165, 1.54) is 0 Å². The van der Waals surface area contributed by atoms with Gasteiger partial charge in [-0.15, -0.1) is 0 Å². The van der Waals surface area contributed by atoms with Crippen LogP contribution in [-0.2, 0) is 6.42 Å². The standard InChI is InChI=1S/C25H23N3O4/c1-30-18-7-4-15(5-8-18)17-10-21-20(22(29)11-17)14-28-25(27-21)19(13-26-28)16-6-9-23(31-2)24(12-16)32-3/h4-9,12-14,17H,10-11H2,1-3H3. The van der Waals surface area contributed by atoms with Gasteiger partial charge < -0.3 is 14.2 Å². The first-order chi connectivity index (χ1) is 15.6. The third-order valence-electron chi connectivity index (χ3n) is 6.03. The van der Waals surface area contributed by atoms with Crippen molar-refractivity contribution in [3.05, 3.63) is 71.7 Å². The second-order valence-electron chi connectivity index (χ2n) is 7.80. The van der Waals surface area contributed by atoms with Crippen molar-refractivity contribution in [1.29, 1.82) is 0 Å². The van der Waals surface area contributed by atoms with Gasteiger partial charge in [-0.25, -0.2) is 9.50 Å². The van der Waals surface area contributed by atoms with E-state index in [1.54, 1.807) is 38.2 Å². The van der Waals surface area contributed by atoms with Gasteiger partial charge in [0, 0.05) is 18.2 Å². The van der Waals surface area contributed by atoms with E-state index in [0.29, 0.717) is 35.6 Å². The minimum Gasteiger partial charge on any atom is -0.497 e. The monoisotopic (exact) mass is 429 g/mol. The van der Waals surface area contributed by atoms with E-state index in [1.807, 2.05) is 42.5 Å². The Hall–Kier alpha value is -3.87. The highest BCUT2D eigenvalue weighted by Gasteiger charge is 2.29. The topological polar surface area (TPSA) is 75.0 Å². The van der Waals surface area contributed by atoms with Crippen molar-refractivity contribution >= 4 is 11.4 Å². The number of Topliss-reactive ketones (excluding diaryl/α,β-unsaturated/α-hetero) is 1. The van der Waals surface area contributed by atoms with Gasteiger partial charge >= 0.3 is 0 Å². The lowest BCUT2D eigenvalue weighted by Crippen LogP contribution is -2.21. The van der Waals surface area contributed by atoms with Crippen molar-refractivity contribution in [2.45, 2.75) is 18.8 Å². The lowest BCUT2D eigenvalue weighted by atomic mass is 9.82. The Balaban J connectivity index is 1.55. The summed E-state index contributed by atoms with van der Waals surface area (Å²) in [6, 6.07) is 13.6. The Morgan fingerprint density at radius 1 is 0.906 bits per heavy atom. The van der Waals surface area contributed by atoms with Gasteiger partial charge in [0.1, 0.15) is 5.75 Å². The minimum absolute atomic E-state index is 0.0864. The van der Waals surface area contributed by atoms with E-state index in [2.05, 4.69) is 5.10 Å². The quantitative estimate of drug-likeness (QED) is 0.470. The highest BCUT2D eigenvalue weighted by Crippen LogP contribution is 2.36. The number of aromatic nitrogens is 3. The van der Waals surface area contributed by atoms with Crippen LogP contribution in [-0.4, -0.2) is 41.7 Å².